The van der Waals surface area contributed by atoms with Gasteiger partial charge >= 0.3 is 0 Å². The van der Waals surface area contributed by atoms with Crippen molar-refractivity contribution in [3.63, 3.8) is 0 Å². The van der Waals surface area contributed by atoms with Gasteiger partial charge in [0.25, 0.3) is 0 Å². The number of hydrogen-bond acceptors (Lipinski definition) is 33. The van der Waals surface area contributed by atoms with Gasteiger partial charge in [0.2, 0.25) is 24.5 Å². The lowest BCUT2D eigenvalue weighted by Gasteiger charge is -2.13. The predicted octanol–water partition coefficient (Wildman–Crippen LogP) is 25.7. The van der Waals surface area contributed by atoms with E-state index < -0.39 is 0 Å². The molecule has 0 fully saturated rings. The Labute approximate surface area is 779 Å². The molecule has 126 heavy (non-hydrogen) atoms. The van der Waals surface area contributed by atoms with Crippen LogP contribution in [0.4, 0.5) is 0 Å². The molecule has 31 nitrogen and oxygen atoms in total. The van der Waals surface area contributed by atoms with E-state index in [1.165, 1.54) is 84.7 Å². The van der Waals surface area contributed by atoms with Crippen LogP contribution in [0.15, 0.2) is 157 Å². The third-order valence-electron chi connectivity index (χ3n) is 10.2. The molecule has 0 amide bonds. The highest BCUT2D eigenvalue weighted by atomic mass is 32.1. The van der Waals surface area contributed by atoms with E-state index in [0.29, 0.717) is 44.2 Å². The maximum absolute atomic E-state index is 4.98. The largest absolute Gasteiger partial charge is 0.452 e. The van der Waals surface area contributed by atoms with E-state index >= 15 is 0 Å². The number of hydrogen-bond donors (Lipinski definition) is 0. The number of imidazole rings is 1. The number of thiazole rings is 1. The fourth-order valence-electron chi connectivity index (χ4n) is 4.99. The minimum absolute atomic E-state index is 0.0174. The van der Waals surface area contributed by atoms with Gasteiger partial charge < -0.3 is 22.4 Å². The number of oxazole rings is 1. The van der Waals surface area contributed by atoms with Crippen molar-refractivity contribution in [2.75, 3.05) is 0 Å². The van der Waals surface area contributed by atoms with Crippen molar-refractivity contribution >= 4 is 57.7 Å². The Bertz CT molecular complexity index is 3560. The van der Waals surface area contributed by atoms with Crippen molar-refractivity contribution in [3.8, 4) is 0 Å². The summed E-state index contributed by atoms with van der Waals surface area (Å²) in [6, 6.07) is 6.02. The van der Waals surface area contributed by atoms with Crippen LogP contribution in [0, 0.1) is 32.5 Å². The lowest BCUT2D eigenvalue weighted by atomic mass is 9.93. The summed E-state index contributed by atoms with van der Waals surface area (Å²) in [6.45, 7) is 96.4. The number of aromatic nitrogens is 26. The summed E-state index contributed by atoms with van der Waals surface area (Å²) in [7, 11) is 5.70. The first-order chi connectivity index (χ1) is 56.9. The highest BCUT2D eigenvalue weighted by Gasteiger charge is 2.22. The van der Waals surface area contributed by atoms with Crippen molar-refractivity contribution in [3.05, 3.63) is 174 Å². The fraction of sp³-hybridized carbons (Fsp3) is 0.678. The molecule has 0 aliphatic rings. The zero-order valence-corrected chi connectivity index (χ0v) is 90.5. The highest BCUT2D eigenvalue weighted by Crippen LogP contribution is 2.24. The van der Waals surface area contributed by atoms with Gasteiger partial charge in [0.1, 0.15) is 42.0 Å². The lowest BCUT2D eigenvalue weighted by molar-refractivity contribution is 0.287. The second-order valence-corrected chi connectivity index (χ2v) is 47.8. The van der Waals surface area contributed by atoms with Gasteiger partial charge in [0.05, 0.1) is 52.1 Å². The number of nitrogens with zero attached hydrogens (tertiary/aromatic N) is 26. The van der Waals surface area contributed by atoms with Gasteiger partial charge in [-0.1, -0.05) is 336 Å². The van der Waals surface area contributed by atoms with Gasteiger partial charge in [0, 0.05) is 112 Å². The summed E-state index contributed by atoms with van der Waals surface area (Å²) in [5.74, 6) is 2.15. The van der Waals surface area contributed by atoms with E-state index in [2.05, 4.69) is 409 Å². The van der Waals surface area contributed by atoms with Crippen LogP contribution in [0.25, 0.3) is 0 Å². The molecule has 13 heterocycles. The molecule has 0 saturated heterocycles. The van der Waals surface area contributed by atoms with E-state index in [1.807, 2.05) is 101 Å². The Morgan fingerprint density at radius 1 is 0.373 bits per heavy atom. The molecule has 716 valence electrons. The minimum Gasteiger partial charge on any atom is -0.452 e. The molecule has 0 spiro atoms. The van der Waals surface area contributed by atoms with Gasteiger partial charge in [-0.2, -0.15) is 23.3 Å². The molecule has 0 radical (unpaired) electrons. The topological polar surface area (TPSA) is 377 Å². The molecule has 36 heteroatoms. The summed E-state index contributed by atoms with van der Waals surface area (Å²) in [6.07, 6.45) is 23.8. The summed E-state index contributed by atoms with van der Waals surface area (Å²) >= 11 is 6.98. The molecular weight excluding hydrogens is 1690 g/mol. The van der Waals surface area contributed by atoms with Crippen LogP contribution >= 0.6 is 57.7 Å². The van der Waals surface area contributed by atoms with Crippen LogP contribution in [0.3, 0.4) is 0 Å². The van der Waals surface area contributed by atoms with Crippen LogP contribution in [0.2, 0.25) is 0 Å². The molecule has 0 atom stereocenters. The Kier molecular flexibility index (Phi) is 65.8. The van der Waals surface area contributed by atoms with Gasteiger partial charge in [0.15, 0.2) is 18.5 Å². The fourth-order valence-corrected chi connectivity index (χ4v) is 7.35. The van der Waals surface area contributed by atoms with Crippen LogP contribution in [0.1, 0.15) is 351 Å². The van der Waals surface area contributed by atoms with Crippen LogP contribution in [-0.4, -0.2) is 128 Å². The summed E-state index contributed by atoms with van der Waals surface area (Å²) in [5.41, 5.74) is 10.4. The standard InChI is InChI=1S/C8H14N2.C7H11NO.C7H11NS.C6H10N2O.C5H9N3O.2C5H9N3S.6C5H12.C4H6N2.C3H5N3.C3H3NO.C3H3NS.C2H2N2O.C2H2N2S/c1-8(2,3)7-5-6-10(4)9-7;2*1-7(2,3)6-4-5-9-8-6;1-6(2,3)5-8-7-4-9-5;1-5(2,3)4-6-8-9-7-4;1-5(2,3)4-6-7-8-9-4;1-5(2,3)4-6-8-9-7-4;6*1-5(2,3)4;1-6-3-2-5-4-6;1-6-3-4-2-5-6;2*1-2-5-3-4-1;2*1-3-2-5-4-1/h5-6H,1-4H3;2*4-5H,1-3H3;4H,1-3H3;3*1-3H3;6*1-4H3;2-4H,1H3;2-3H,1H3;2*1-3H;2*1-2H. The Morgan fingerprint density at radius 2 is 0.921 bits per heavy atom. The van der Waals surface area contributed by atoms with Crippen LogP contribution in [-0.2, 0) is 59.0 Å². The van der Waals surface area contributed by atoms with Crippen molar-refractivity contribution < 1.29 is 22.5 Å². The van der Waals surface area contributed by atoms with E-state index in [1.54, 1.807) is 64.5 Å². The van der Waals surface area contributed by atoms with Crippen molar-refractivity contribution in [1.29, 1.82) is 0 Å². The molecule has 0 aliphatic carbocycles. The smallest absolute Gasteiger partial charge is 0.221 e. The monoisotopic (exact) mass is 1850 g/mol. The normalized spacial score (nSPS) is 11.0. The summed E-state index contributed by atoms with van der Waals surface area (Å²) < 4.78 is 47.3. The van der Waals surface area contributed by atoms with Gasteiger partial charge in [-0.25, -0.2) is 29.5 Å². The molecule has 0 N–H and O–H groups in total. The maximum Gasteiger partial charge on any atom is 0.221 e. The Balaban J connectivity index is -0.000000303. The van der Waals surface area contributed by atoms with Gasteiger partial charge in [-0.15, -0.1) is 31.7 Å². The van der Waals surface area contributed by atoms with Crippen molar-refractivity contribution in [2.24, 2.45) is 53.6 Å². The lowest BCUT2D eigenvalue weighted by Crippen LogP contribution is -2.13. The summed E-state index contributed by atoms with van der Waals surface area (Å²) in [4.78, 5) is 21.8. The van der Waals surface area contributed by atoms with Gasteiger partial charge in [-0.3, -0.25) is 14.3 Å². The highest BCUT2D eigenvalue weighted by molar-refractivity contribution is 7.07. The molecule has 0 bridgehead atoms. The van der Waals surface area contributed by atoms with Crippen molar-refractivity contribution in [1.82, 2.24) is 128 Å². The Hall–Kier alpha value is -8.87. The van der Waals surface area contributed by atoms with Gasteiger partial charge in [-0.05, 0) is 78.1 Å². The molecule has 13 aromatic rings. The minimum atomic E-state index is -0.0556. The molecule has 13 aromatic heterocycles. The van der Waals surface area contributed by atoms with Crippen LogP contribution < -0.4 is 0 Å². The molecule has 0 saturated carbocycles. The first-order valence-corrected chi connectivity index (χ1v) is 45.3. The molecular formula is C90H166N26O5S5. The first kappa shape index (κ1) is 128. The second kappa shape index (κ2) is 64.8. The maximum atomic E-state index is 4.98. The second-order valence-electron chi connectivity index (χ2n) is 44.5. The molecule has 0 aliphatic heterocycles. The SMILES string of the molecule is CC(C)(C)C.CC(C)(C)C.CC(C)(C)C.CC(C)(C)C.CC(C)(C)C.CC(C)(C)C.CC(C)(C)c1ccon1.CC(C)(C)c1ccsn1.CC(C)(C)c1nnco1.CC(C)(C)c1nnns1.CC(C)(C)c1nnon1.CC(C)(C)c1nnsn1.Cn1ccc(C(C)(C)C)n1.Cn1ccnc1.Cn1cncn1.c1cocn1.c1cscn1.c1ncon1.c1ncsn1. The first-order valence-electron chi connectivity index (χ1n) is 41.2. The zero-order chi connectivity index (χ0) is 99.2. The number of aryl methyl sites for hydroxylation is 3. The number of rotatable bonds is 0. The summed E-state index contributed by atoms with van der Waals surface area (Å²) in [5, 5.41) is 49.0. The predicted molar refractivity (Wildman–Crippen MR) is 522 cm³/mol. The quantitative estimate of drug-likeness (QED) is 0.136. The average molecular weight is 1850 g/mol. The van der Waals surface area contributed by atoms with E-state index in [-0.39, 0.29) is 37.9 Å². The Morgan fingerprint density at radius 3 is 1.08 bits per heavy atom. The third-order valence-corrected chi connectivity index (χ3v) is 13.2. The molecule has 13 rings (SSSR count). The molecule has 0 aromatic carbocycles. The van der Waals surface area contributed by atoms with E-state index in [4.69, 9.17) is 8.94 Å². The van der Waals surface area contributed by atoms with E-state index in [9.17, 15) is 0 Å². The van der Waals surface area contributed by atoms with E-state index in [0.717, 1.165) is 33.9 Å². The zero-order valence-electron chi connectivity index (χ0n) is 86.4. The third kappa shape index (κ3) is 107. The average Bonchev–Trinajstić information content (AvgIpc) is 1.70. The molecule has 0 unspecified atom stereocenters. The van der Waals surface area contributed by atoms with Crippen molar-refractivity contribution in [2.45, 2.75) is 349 Å². The van der Waals surface area contributed by atoms with Crippen LogP contribution in [0.5, 0.6) is 0 Å².